The van der Waals surface area contributed by atoms with Crippen LogP contribution in [0.25, 0.3) is 0 Å². The summed E-state index contributed by atoms with van der Waals surface area (Å²) in [5.74, 6) is -3.69. The molecule has 140 valence electrons. The fourth-order valence-electron chi connectivity index (χ4n) is 2.41. The number of rotatable bonds is 9. The smallest absolute Gasteiger partial charge is 0.326 e. The maximum Gasteiger partial charge on any atom is 0.326 e. The van der Waals surface area contributed by atoms with E-state index in [1.165, 1.54) is 0 Å². The minimum atomic E-state index is -1.30. The Kier molecular flexibility index (Phi) is 7.34. The highest BCUT2D eigenvalue weighted by Crippen LogP contribution is 2.09. The molecule has 1 aliphatic heterocycles. The summed E-state index contributed by atoms with van der Waals surface area (Å²) in [5, 5.41) is 16.5. The van der Waals surface area contributed by atoms with Gasteiger partial charge in [0.05, 0.1) is 0 Å². The van der Waals surface area contributed by atoms with E-state index in [4.69, 9.17) is 10.8 Å². The number of carbonyl (C=O) groups is 5. The van der Waals surface area contributed by atoms with Crippen LogP contribution in [-0.2, 0) is 24.0 Å². The molecule has 0 saturated carbocycles. The van der Waals surface area contributed by atoms with Crippen molar-refractivity contribution < 1.29 is 29.1 Å². The molecular formula is C15H24N4O6. The summed E-state index contributed by atoms with van der Waals surface area (Å²) in [4.78, 5) is 57.7. The molecule has 25 heavy (non-hydrogen) atoms. The van der Waals surface area contributed by atoms with Crippen molar-refractivity contribution in [1.29, 1.82) is 0 Å². The second-order valence-electron chi connectivity index (χ2n) is 6.29. The van der Waals surface area contributed by atoms with Crippen molar-refractivity contribution in [2.75, 3.05) is 0 Å². The monoisotopic (exact) mass is 356 g/mol. The van der Waals surface area contributed by atoms with Crippen LogP contribution in [0.1, 0.15) is 39.5 Å². The zero-order valence-corrected chi connectivity index (χ0v) is 14.2. The molecule has 0 bridgehead atoms. The summed E-state index contributed by atoms with van der Waals surface area (Å²) in [5.41, 5.74) is 4.99. The van der Waals surface area contributed by atoms with Crippen LogP contribution in [0.2, 0.25) is 0 Å². The zero-order valence-electron chi connectivity index (χ0n) is 14.2. The maximum absolute atomic E-state index is 12.4. The molecule has 3 atom stereocenters. The third-order valence-electron chi connectivity index (χ3n) is 3.85. The van der Waals surface area contributed by atoms with E-state index < -0.39 is 41.8 Å². The number of hydrogen-bond donors (Lipinski definition) is 5. The number of aliphatic carboxylic acids is 1. The number of carboxylic acid groups (broad SMARTS) is 1. The number of nitrogens with one attached hydrogen (secondary N) is 3. The minimum absolute atomic E-state index is 0.145. The predicted octanol–water partition coefficient (Wildman–Crippen LogP) is -1.76. The van der Waals surface area contributed by atoms with Crippen molar-refractivity contribution in [1.82, 2.24) is 16.0 Å². The van der Waals surface area contributed by atoms with E-state index in [-0.39, 0.29) is 31.1 Å². The summed E-state index contributed by atoms with van der Waals surface area (Å²) in [6.07, 6.45) is 0.246. The van der Waals surface area contributed by atoms with Gasteiger partial charge in [0.15, 0.2) is 0 Å². The second kappa shape index (κ2) is 9.00. The van der Waals surface area contributed by atoms with Crippen molar-refractivity contribution in [2.45, 2.75) is 57.7 Å². The molecule has 4 amide bonds. The van der Waals surface area contributed by atoms with E-state index in [0.717, 1.165) is 0 Å². The molecule has 1 saturated heterocycles. The first-order valence-corrected chi connectivity index (χ1v) is 8.03. The quantitative estimate of drug-likeness (QED) is 0.328. The standard InChI is InChI=1S/C15H24N4O6/c1-7(2)12(19-13(22)8-4-6-11(21)17-8)14(23)18-9(15(24)25)3-5-10(16)20/h7-9,12H,3-6H2,1-2H3,(H2,16,20)(H,17,21)(H,18,23)(H,19,22)(H,24,25)/t8-,9-,12-/m0/s1. The second-order valence-corrected chi connectivity index (χ2v) is 6.29. The van der Waals surface area contributed by atoms with Gasteiger partial charge in [-0.15, -0.1) is 0 Å². The minimum Gasteiger partial charge on any atom is -0.480 e. The molecule has 1 rings (SSSR count). The highest BCUT2D eigenvalue weighted by Gasteiger charge is 2.33. The van der Waals surface area contributed by atoms with E-state index >= 15 is 0 Å². The van der Waals surface area contributed by atoms with E-state index in [0.29, 0.717) is 6.42 Å². The summed E-state index contributed by atoms with van der Waals surface area (Å²) in [6.45, 7) is 3.38. The van der Waals surface area contributed by atoms with Crippen molar-refractivity contribution in [3.05, 3.63) is 0 Å². The third kappa shape index (κ3) is 6.40. The van der Waals surface area contributed by atoms with Crippen LogP contribution in [-0.4, -0.2) is 52.8 Å². The molecular weight excluding hydrogens is 332 g/mol. The number of carboxylic acids is 1. The lowest BCUT2D eigenvalue weighted by molar-refractivity contribution is -0.142. The molecule has 0 radical (unpaired) electrons. The molecule has 0 aromatic rings. The van der Waals surface area contributed by atoms with Gasteiger partial charge in [0.1, 0.15) is 18.1 Å². The molecule has 0 aromatic heterocycles. The van der Waals surface area contributed by atoms with Gasteiger partial charge in [-0.1, -0.05) is 13.8 Å². The van der Waals surface area contributed by atoms with Crippen LogP contribution in [0.3, 0.4) is 0 Å². The fraction of sp³-hybridized carbons (Fsp3) is 0.667. The van der Waals surface area contributed by atoms with Crippen LogP contribution >= 0.6 is 0 Å². The van der Waals surface area contributed by atoms with Gasteiger partial charge in [0.25, 0.3) is 0 Å². The first-order chi connectivity index (χ1) is 11.6. The van der Waals surface area contributed by atoms with Gasteiger partial charge in [-0.05, 0) is 18.8 Å². The Morgan fingerprint density at radius 2 is 1.92 bits per heavy atom. The van der Waals surface area contributed by atoms with Gasteiger partial charge in [0.2, 0.25) is 23.6 Å². The van der Waals surface area contributed by atoms with Gasteiger partial charge < -0.3 is 26.8 Å². The van der Waals surface area contributed by atoms with Gasteiger partial charge in [-0.25, -0.2) is 4.79 Å². The van der Waals surface area contributed by atoms with E-state index in [2.05, 4.69) is 16.0 Å². The van der Waals surface area contributed by atoms with Crippen molar-refractivity contribution in [3.8, 4) is 0 Å². The van der Waals surface area contributed by atoms with Crippen molar-refractivity contribution in [3.63, 3.8) is 0 Å². The van der Waals surface area contributed by atoms with E-state index in [1.54, 1.807) is 13.8 Å². The number of hydrogen-bond acceptors (Lipinski definition) is 5. The Morgan fingerprint density at radius 3 is 2.36 bits per heavy atom. The molecule has 0 aliphatic carbocycles. The molecule has 1 heterocycles. The lowest BCUT2D eigenvalue weighted by Crippen LogP contribution is -2.56. The van der Waals surface area contributed by atoms with Gasteiger partial charge in [0, 0.05) is 12.8 Å². The number of primary amides is 1. The molecule has 1 aliphatic rings. The first-order valence-electron chi connectivity index (χ1n) is 8.03. The van der Waals surface area contributed by atoms with Crippen LogP contribution in [0.15, 0.2) is 0 Å². The van der Waals surface area contributed by atoms with Crippen molar-refractivity contribution in [2.24, 2.45) is 11.7 Å². The Labute approximate surface area is 144 Å². The Bertz CT molecular complexity index is 562. The molecule has 10 nitrogen and oxygen atoms in total. The SMILES string of the molecule is CC(C)[C@H](NC(=O)[C@@H]1CCC(=O)N1)C(=O)N[C@@H](CCC(N)=O)C(=O)O. The van der Waals surface area contributed by atoms with Crippen LogP contribution in [0, 0.1) is 5.92 Å². The van der Waals surface area contributed by atoms with Crippen LogP contribution in [0.4, 0.5) is 0 Å². The summed E-state index contributed by atoms with van der Waals surface area (Å²) in [7, 11) is 0. The Hall–Kier alpha value is -2.65. The Balaban J connectivity index is 2.71. The Morgan fingerprint density at radius 1 is 1.28 bits per heavy atom. The van der Waals surface area contributed by atoms with E-state index in [9.17, 15) is 24.0 Å². The first kappa shape index (κ1) is 20.4. The largest absolute Gasteiger partial charge is 0.480 e. The molecule has 1 fully saturated rings. The number of carbonyl (C=O) groups excluding carboxylic acids is 4. The zero-order chi connectivity index (χ0) is 19.1. The molecule has 0 aromatic carbocycles. The average molecular weight is 356 g/mol. The summed E-state index contributed by atoms with van der Waals surface area (Å²) in [6, 6.07) is -2.96. The van der Waals surface area contributed by atoms with Gasteiger partial charge in [-0.2, -0.15) is 0 Å². The third-order valence-corrected chi connectivity index (χ3v) is 3.85. The number of nitrogens with two attached hydrogens (primary N) is 1. The van der Waals surface area contributed by atoms with Gasteiger partial charge in [-0.3, -0.25) is 19.2 Å². The number of amides is 4. The fourth-order valence-corrected chi connectivity index (χ4v) is 2.41. The van der Waals surface area contributed by atoms with Gasteiger partial charge >= 0.3 is 5.97 Å². The normalized spacial score (nSPS) is 19.0. The summed E-state index contributed by atoms with van der Waals surface area (Å²) >= 11 is 0. The molecule has 0 unspecified atom stereocenters. The lowest BCUT2D eigenvalue weighted by Gasteiger charge is -2.25. The van der Waals surface area contributed by atoms with Crippen LogP contribution < -0.4 is 21.7 Å². The summed E-state index contributed by atoms with van der Waals surface area (Å²) < 4.78 is 0. The molecule has 0 spiro atoms. The highest BCUT2D eigenvalue weighted by molar-refractivity contribution is 5.95. The van der Waals surface area contributed by atoms with E-state index in [1.807, 2.05) is 0 Å². The molecule has 10 heteroatoms. The van der Waals surface area contributed by atoms with Crippen molar-refractivity contribution >= 4 is 29.6 Å². The lowest BCUT2D eigenvalue weighted by atomic mass is 10.0. The highest BCUT2D eigenvalue weighted by atomic mass is 16.4. The molecule has 6 N–H and O–H groups in total. The maximum atomic E-state index is 12.4. The average Bonchev–Trinajstić information content (AvgIpc) is 2.94. The van der Waals surface area contributed by atoms with Crippen LogP contribution in [0.5, 0.6) is 0 Å². The predicted molar refractivity (Wildman–Crippen MR) is 85.9 cm³/mol. The topological polar surface area (TPSA) is 168 Å².